The molecule has 0 unspecified atom stereocenters. The number of halogens is 1. The summed E-state index contributed by atoms with van der Waals surface area (Å²) in [6, 6.07) is -0.225. The molecule has 1 aliphatic heterocycles. The molecule has 0 aromatic carbocycles. The Bertz CT molecular complexity index is 1010. The highest BCUT2D eigenvalue weighted by atomic mass is 35.5. The van der Waals surface area contributed by atoms with E-state index in [0.717, 1.165) is 18.7 Å². The normalized spacial score (nSPS) is 22.9. The number of hydrogen-bond donors (Lipinski definition) is 1. The summed E-state index contributed by atoms with van der Waals surface area (Å²) in [6.45, 7) is 1.82. The van der Waals surface area contributed by atoms with Crippen molar-refractivity contribution in [1.82, 2.24) is 24.7 Å². The predicted molar refractivity (Wildman–Crippen MR) is 96.7 cm³/mol. The Morgan fingerprint density at radius 2 is 2.16 bits per heavy atom. The number of hydrogen-bond acceptors (Lipinski definition) is 6. The summed E-state index contributed by atoms with van der Waals surface area (Å²) < 4.78 is 27.1. The summed E-state index contributed by atoms with van der Waals surface area (Å²) in [5.41, 5.74) is 1.36. The number of aromatic amines is 1. The van der Waals surface area contributed by atoms with Crippen LogP contribution in [0.25, 0.3) is 0 Å². The van der Waals surface area contributed by atoms with Crippen LogP contribution in [-0.2, 0) is 9.84 Å². The highest BCUT2D eigenvalue weighted by molar-refractivity contribution is 7.91. The van der Waals surface area contributed by atoms with E-state index in [9.17, 15) is 8.42 Å². The van der Waals surface area contributed by atoms with Gasteiger partial charge in [0.1, 0.15) is 5.15 Å². The minimum Gasteiger partial charge on any atom is -0.250 e. The van der Waals surface area contributed by atoms with Gasteiger partial charge in [-0.3, -0.25) is 5.10 Å². The number of sulfone groups is 1. The molecule has 0 radical (unpaired) electrons. The van der Waals surface area contributed by atoms with Crippen molar-refractivity contribution in [2.45, 2.75) is 38.1 Å². The van der Waals surface area contributed by atoms with Gasteiger partial charge < -0.3 is 0 Å². The first-order valence-corrected chi connectivity index (χ1v) is 10.6. The maximum absolute atomic E-state index is 11.7. The highest BCUT2D eigenvalue weighted by Crippen LogP contribution is 2.38. The van der Waals surface area contributed by atoms with Gasteiger partial charge in [0.2, 0.25) is 4.77 Å². The second kappa shape index (κ2) is 6.03. The maximum Gasteiger partial charge on any atom is 0.216 e. The molecule has 4 rings (SSSR count). The number of aryl methyl sites for hydroxylation is 1. The predicted octanol–water partition coefficient (Wildman–Crippen LogP) is 2.22. The van der Waals surface area contributed by atoms with E-state index in [1.807, 2.05) is 6.92 Å². The Morgan fingerprint density at radius 1 is 1.40 bits per heavy atom. The molecule has 25 heavy (non-hydrogen) atoms. The van der Waals surface area contributed by atoms with Crippen molar-refractivity contribution in [3.05, 3.63) is 27.0 Å². The zero-order chi connectivity index (χ0) is 17.8. The van der Waals surface area contributed by atoms with Crippen molar-refractivity contribution in [3.8, 4) is 0 Å². The van der Waals surface area contributed by atoms with Crippen molar-refractivity contribution in [3.63, 3.8) is 0 Å². The first-order chi connectivity index (χ1) is 11.9. The van der Waals surface area contributed by atoms with Gasteiger partial charge in [0.25, 0.3) is 0 Å². The Kier molecular flexibility index (Phi) is 4.08. The van der Waals surface area contributed by atoms with E-state index < -0.39 is 9.84 Å². The van der Waals surface area contributed by atoms with Crippen LogP contribution in [-0.4, -0.2) is 50.8 Å². The Morgan fingerprint density at radius 3 is 2.80 bits per heavy atom. The van der Waals surface area contributed by atoms with Gasteiger partial charge in [-0.1, -0.05) is 11.6 Å². The molecular weight excluding hydrogens is 384 g/mol. The average molecular weight is 401 g/mol. The Hall–Kier alpha value is -1.52. The lowest BCUT2D eigenvalue weighted by Crippen LogP contribution is -2.12. The lowest BCUT2D eigenvalue weighted by atomic mass is 10.2. The molecule has 1 N–H and O–H groups in total. The second-order valence-corrected chi connectivity index (χ2v) is 9.48. The molecule has 2 fully saturated rings. The number of H-pyrrole nitrogens is 1. The average Bonchev–Trinajstić information content (AvgIpc) is 3.16. The third-order valence-corrected chi connectivity index (χ3v) is 6.94. The van der Waals surface area contributed by atoms with E-state index in [0.29, 0.717) is 33.5 Å². The van der Waals surface area contributed by atoms with Crippen LogP contribution in [0.2, 0.25) is 5.15 Å². The molecular formula is C14H17ClN6O2S2. The molecule has 2 aromatic rings. The fraction of sp³-hybridized carbons (Fsp3) is 0.571. The van der Waals surface area contributed by atoms with Crippen LogP contribution in [0.3, 0.4) is 0 Å². The summed E-state index contributed by atoms with van der Waals surface area (Å²) in [7, 11) is -3.01. The van der Waals surface area contributed by atoms with E-state index >= 15 is 0 Å². The monoisotopic (exact) mass is 400 g/mol. The van der Waals surface area contributed by atoms with Gasteiger partial charge in [0.05, 0.1) is 35.0 Å². The summed E-state index contributed by atoms with van der Waals surface area (Å²) in [6.07, 6.45) is 4.31. The molecule has 1 aliphatic carbocycles. The van der Waals surface area contributed by atoms with E-state index in [4.69, 9.17) is 23.8 Å². The molecule has 1 atom stereocenters. The van der Waals surface area contributed by atoms with E-state index in [1.165, 1.54) is 0 Å². The first kappa shape index (κ1) is 16.9. The van der Waals surface area contributed by atoms with Gasteiger partial charge in [-0.05, 0) is 38.4 Å². The van der Waals surface area contributed by atoms with Crippen molar-refractivity contribution >= 4 is 39.9 Å². The van der Waals surface area contributed by atoms with E-state index in [-0.39, 0.29) is 17.5 Å². The molecule has 0 spiro atoms. The van der Waals surface area contributed by atoms with Crippen LogP contribution >= 0.6 is 23.8 Å². The SMILES string of the molecule is Cc1nn([C@H]2CCS(=O)(=O)C2)c(Cl)c1C=Nn1c(C2CC2)n[nH]c1=S. The van der Waals surface area contributed by atoms with Crippen molar-refractivity contribution < 1.29 is 8.42 Å². The van der Waals surface area contributed by atoms with Gasteiger partial charge in [-0.15, -0.1) is 0 Å². The molecule has 0 bridgehead atoms. The van der Waals surface area contributed by atoms with Crippen molar-refractivity contribution in [1.29, 1.82) is 0 Å². The van der Waals surface area contributed by atoms with Gasteiger partial charge in [0, 0.05) is 5.92 Å². The molecule has 1 saturated carbocycles. The van der Waals surface area contributed by atoms with Crippen LogP contribution in [0.15, 0.2) is 5.10 Å². The molecule has 8 nitrogen and oxygen atoms in total. The van der Waals surface area contributed by atoms with Crippen molar-refractivity contribution in [2.24, 2.45) is 5.10 Å². The van der Waals surface area contributed by atoms with Crippen LogP contribution in [0.4, 0.5) is 0 Å². The summed E-state index contributed by atoms with van der Waals surface area (Å²) in [5.74, 6) is 1.46. The fourth-order valence-corrected chi connectivity index (χ4v) is 5.27. The van der Waals surface area contributed by atoms with Crippen LogP contribution in [0.1, 0.15) is 48.3 Å². The van der Waals surface area contributed by atoms with Crippen LogP contribution < -0.4 is 0 Å². The molecule has 1 saturated heterocycles. The molecule has 11 heteroatoms. The maximum atomic E-state index is 11.7. The van der Waals surface area contributed by atoms with Gasteiger partial charge >= 0.3 is 0 Å². The zero-order valence-electron chi connectivity index (χ0n) is 13.5. The zero-order valence-corrected chi connectivity index (χ0v) is 15.9. The standard InChI is InChI=1S/C14H17ClN6O2S2/c1-8-11(6-16-21-13(9-2-3-9)17-18-14(21)24)12(15)20(19-8)10-4-5-25(22,23)7-10/h6,9-10H,2-5,7H2,1H3,(H,18,24)/t10-/m0/s1. The van der Waals surface area contributed by atoms with Gasteiger partial charge in [0.15, 0.2) is 15.7 Å². The van der Waals surface area contributed by atoms with E-state index in [1.54, 1.807) is 15.6 Å². The van der Waals surface area contributed by atoms with Crippen LogP contribution in [0, 0.1) is 11.7 Å². The first-order valence-electron chi connectivity index (χ1n) is 8.02. The number of nitrogens with zero attached hydrogens (tertiary/aromatic N) is 5. The summed E-state index contributed by atoms with van der Waals surface area (Å²) in [5, 5.41) is 16.2. The largest absolute Gasteiger partial charge is 0.250 e. The molecule has 2 aromatic heterocycles. The third kappa shape index (κ3) is 3.18. The molecule has 134 valence electrons. The topological polar surface area (TPSA) is 97.9 Å². The lowest BCUT2D eigenvalue weighted by molar-refractivity contribution is 0.497. The lowest BCUT2D eigenvalue weighted by Gasteiger charge is -2.09. The second-order valence-electron chi connectivity index (χ2n) is 6.51. The quantitative estimate of drug-likeness (QED) is 0.626. The third-order valence-electron chi connectivity index (χ3n) is 4.55. The minimum atomic E-state index is -3.01. The van der Waals surface area contributed by atoms with Gasteiger partial charge in [-0.2, -0.15) is 20.0 Å². The summed E-state index contributed by atoms with van der Waals surface area (Å²) in [4.78, 5) is 0. The fourth-order valence-electron chi connectivity index (χ4n) is 3.03. The molecule has 3 heterocycles. The van der Waals surface area contributed by atoms with Gasteiger partial charge in [-0.25, -0.2) is 13.1 Å². The summed E-state index contributed by atoms with van der Waals surface area (Å²) >= 11 is 11.7. The molecule has 2 aliphatic rings. The Balaban J connectivity index is 1.66. The number of nitrogens with one attached hydrogen (secondary N) is 1. The smallest absolute Gasteiger partial charge is 0.216 e. The van der Waals surface area contributed by atoms with Crippen molar-refractivity contribution in [2.75, 3.05) is 11.5 Å². The van der Waals surface area contributed by atoms with E-state index in [2.05, 4.69) is 20.4 Å². The highest BCUT2D eigenvalue weighted by Gasteiger charge is 2.32. The molecule has 0 amide bonds. The Labute approximate surface area is 154 Å². The number of aromatic nitrogens is 5. The minimum absolute atomic E-state index is 0.0725. The number of rotatable bonds is 4. The van der Waals surface area contributed by atoms with Crippen LogP contribution in [0.5, 0.6) is 0 Å².